The second-order valence-corrected chi connectivity index (χ2v) is 17.3. The van der Waals surface area contributed by atoms with E-state index in [2.05, 4.69) is 152 Å². The van der Waals surface area contributed by atoms with Crippen LogP contribution in [-0.4, -0.2) is 0 Å². The summed E-state index contributed by atoms with van der Waals surface area (Å²) < 4.78 is 27.8. The third kappa shape index (κ3) is 5.23. The summed E-state index contributed by atoms with van der Waals surface area (Å²) >= 11 is 0. The molecule has 2 aromatic heterocycles. The standard InChI is InChI=1S/C52H32O4P2/c1-5-17-37-33(13-1)25-29-45(53-57-47-31-27-35-15-3-7-19-39(35)51(47)52-40-20-8-4-16-36(40)28-32-48(52)57)49(37)50-38-18-6-2-14-34(38)26-30-46(50)56-58-54-43-23-11-9-21-41(43)42-22-10-12-24-44(42)55-58/h1-32H. The van der Waals surface area contributed by atoms with Crippen molar-refractivity contribution in [3.8, 4) is 22.6 Å². The number of benzene rings is 10. The lowest BCUT2D eigenvalue weighted by Gasteiger charge is -2.19. The fraction of sp³-hybridized carbons (Fsp3) is 0. The molecule has 4 nitrogen and oxygen atoms in total. The smallest absolute Gasteiger partial charge is 0.445 e. The molecular formula is C52H32O4P2. The summed E-state index contributed by atoms with van der Waals surface area (Å²) in [6, 6.07) is 68.0. The zero-order valence-electron chi connectivity index (χ0n) is 31.0. The van der Waals surface area contributed by atoms with Gasteiger partial charge >= 0.3 is 8.24 Å². The first-order valence-corrected chi connectivity index (χ1v) is 21.7. The number of fused-ring (bicyclic) bond motifs is 12. The Hall–Kier alpha value is -6.96. The molecule has 12 rings (SSSR count). The predicted molar refractivity (Wildman–Crippen MR) is 244 cm³/mol. The lowest BCUT2D eigenvalue weighted by Crippen LogP contribution is -1.93. The maximum absolute atomic E-state index is 7.58. The average Bonchev–Trinajstić information content (AvgIpc) is 3.51. The maximum atomic E-state index is 7.58. The topological polar surface area (TPSA) is 44.7 Å². The predicted octanol–water partition coefficient (Wildman–Crippen LogP) is 16.5. The van der Waals surface area contributed by atoms with Gasteiger partial charge < -0.3 is 17.4 Å². The number of rotatable bonds is 5. The first kappa shape index (κ1) is 33.2. The minimum absolute atomic E-state index is 0.653. The minimum atomic E-state index is -1.92. The molecule has 6 heteroatoms. The molecule has 0 unspecified atom stereocenters. The van der Waals surface area contributed by atoms with Crippen LogP contribution in [0.1, 0.15) is 0 Å². The molecule has 0 fully saturated rings. The molecule has 58 heavy (non-hydrogen) atoms. The quantitative estimate of drug-likeness (QED) is 0.174. The molecule has 0 bridgehead atoms. The molecule has 0 aliphatic rings. The Labute approximate surface area is 334 Å². The van der Waals surface area contributed by atoms with Gasteiger partial charge in [0.05, 0.1) is 7.76 Å². The van der Waals surface area contributed by atoms with Crippen molar-refractivity contribution in [2.75, 3.05) is 0 Å². The number of hydrogen-bond acceptors (Lipinski definition) is 4. The largest absolute Gasteiger partial charge is 0.453 e. The van der Waals surface area contributed by atoms with Gasteiger partial charge in [0.15, 0.2) is 0 Å². The average molecular weight is 783 g/mol. The highest BCUT2D eigenvalue weighted by Crippen LogP contribution is 2.56. The molecule has 0 saturated carbocycles. The van der Waals surface area contributed by atoms with Gasteiger partial charge in [0.1, 0.15) is 22.7 Å². The van der Waals surface area contributed by atoms with Crippen LogP contribution in [0.4, 0.5) is 0 Å². The first-order valence-electron chi connectivity index (χ1n) is 19.4. The van der Waals surface area contributed by atoms with Crippen molar-refractivity contribution in [3.63, 3.8) is 0 Å². The molecule has 0 aliphatic heterocycles. The fourth-order valence-electron chi connectivity index (χ4n) is 8.72. The Balaban J connectivity index is 1.14. The van der Waals surface area contributed by atoms with Crippen molar-refractivity contribution < 1.29 is 17.4 Å². The van der Waals surface area contributed by atoms with Crippen molar-refractivity contribution in [1.29, 1.82) is 0 Å². The van der Waals surface area contributed by atoms with Gasteiger partial charge in [-0.1, -0.05) is 158 Å². The Morgan fingerprint density at radius 2 is 0.672 bits per heavy atom. The van der Waals surface area contributed by atoms with Crippen LogP contribution in [0.5, 0.6) is 11.5 Å². The molecule has 0 N–H and O–H groups in total. The van der Waals surface area contributed by atoms with Crippen molar-refractivity contribution in [3.05, 3.63) is 194 Å². The summed E-state index contributed by atoms with van der Waals surface area (Å²) in [5, 5.41) is 16.1. The zero-order valence-corrected chi connectivity index (χ0v) is 32.8. The Bertz CT molecular complexity index is 3510. The summed E-state index contributed by atoms with van der Waals surface area (Å²) in [4.78, 5) is 0. The molecule has 0 spiro atoms. The van der Waals surface area contributed by atoms with E-state index in [9.17, 15) is 0 Å². The first-order chi connectivity index (χ1) is 28.8. The van der Waals surface area contributed by atoms with Gasteiger partial charge in [-0.2, -0.15) is 0 Å². The van der Waals surface area contributed by atoms with Crippen LogP contribution in [-0.2, 0) is 0 Å². The van der Waals surface area contributed by atoms with Gasteiger partial charge in [-0.05, 0) is 79.5 Å². The van der Waals surface area contributed by atoms with E-state index in [4.69, 9.17) is 17.4 Å². The van der Waals surface area contributed by atoms with E-state index >= 15 is 0 Å². The molecule has 0 atom stereocenters. The van der Waals surface area contributed by atoms with Crippen LogP contribution in [0.3, 0.4) is 0 Å². The molecule has 10 aromatic carbocycles. The van der Waals surface area contributed by atoms with Gasteiger partial charge in [0.2, 0.25) is 0 Å². The Kier molecular flexibility index (Phi) is 7.63. The molecule has 274 valence electrons. The second-order valence-electron chi connectivity index (χ2n) is 14.6. The van der Waals surface area contributed by atoms with E-state index < -0.39 is 16.0 Å². The fourth-order valence-corrected chi connectivity index (χ4v) is 11.9. The third-order valence-electron chi connectivity index (χ3n) is 11.3. The third-order valence-corrected chi connectivity index (χ3v) is 14.3. The molecule has 0 amide bonds. The Morgan fingerprint density at radius 3 is 1.16 bits per heavy atom. The number of hydrogen-bond donors (Lipinski definition) is 0. The molecule has 0 aliphatic carbocycles. The van der Waals surface area contributed by atoms with Crippen LogP contribution in [0.25, 0.3) is 97.2 Å². The van der Waals surface area contributed by atoms with Crippen LogP contribution < -0.4 is 9.05 Å². The maximum Gasteiger partial charge on any atom is 0.453 e. The molecule has 12 aromatic rings. The van der Waals surface area contributed by atoms with E-state index in [0.29, 0.717) is 5.75 Å². The molecular weight excluding hydrogens is 751 g/mol. The SMILES string of the molecule is c1ccc2c(-c3c(Op4c5ccc6ccccc6c5c5c6ccccc6ccc54)ccc4ccccc34)c(Op3oc4ccccc4c4ccccc4o3)ccc2c1. The van der Waals surface area contributed by atoms with E-state index in [1.54, 1.807) is 0 Å². The van der Waals surface area contributed by atoms with Crippen molar-refractivity contribution in [1.82, 2.24) is 0 Å². The van der Waals surface area contributed by atoms with Gasteiger partial charge in [-0.25, -0.2) is 0 Å². The highest BCUT2D eigenvalue weighted by atomic mass is 31.1. The van der Waals surface area contributed by atoms with Gasteiger partial charge in [-0.3, -0.25) is 0 Å². The summed E-state index contributed by atoms with van der Waals surface area (Å²) in [7, 11) is -3.19. The van der Waals surface area contributed by atoms with Crippen LogP contribution in [0.2, 0.25) is 0 Å². The van der Waals surface area contributed by atoms with Crippen molar-refractivity contribution in [2.45, 2.75) is 0 Å². The van der Waals surface area contributed by atoms with Gasteiger partial charge in [-0.15, -0.1) is 0 Å². The van der Waals surface area contributed by atoms with E-state index in [0.717, 1.165) is 60.4 Å². The van der Waals surface area contributed by atoms with Crippen LogP contribution in [0, 0.1) is 0 Å². The van der Waals surface area contributed by atoms with Gasteiger partial charge in [0, 0.05) is 42.9 Å². The second kappa shape index (κ2) is 13.3. The zero-order chi connectivity index (χ0) is 38.2. The molecule has 0 radical (unpaired) electrons. The minimum Gasteiger partial charge on any atom is -0.445 e. The normalized spacial score (nSPS) is 11.8. The lowest BCUT2D eigenvalue weighted by atomic mass is 9.92. The van der Waals surface area contributed by atoms with Crippen molar-refractivity contribution >= 4 is 102 Å². The summed E-state index contributed by atoms with van der Waals surface area (Å²) in [5.41, 5.74) is 3.33. The van der Waals surface area contributed by atoms with E-state index in [1.807, 2.05) is 42.5 Å². The van der Waals surface area contributed by atoms with E-state index in [1.165, 1.54) is 42.6 Å². The molecule has 0 saturated heterocycles. The van der Waals surface area contributed by atoms with E-state index in [-0.39, 0.29) is 0 Å². The van der Waals surface area contributed by atoms with Gasteiger partial charge in [0.25, 0.3) is 0 Å². The molecule has 2 heterocycles. The number of para-hydroxylation sites is 2. The lowest BCUT2D eigenvalue weighted by molar-refractivity contribution is 0.499. The summed E-state index contributed by atoms with van der Waals surface area (Å²) in [6.45, 7) is 0. The van der Waals surface area contributed by atoms with Crippen molar-refractivity contribution in [2.24, 2.45) is 0 Å². The highest BCUT2D eigenvalue weighted by molar-refractivity contribution is 7.57. The van der Waals surface area contributed by atoms with Crippen LogP contribution >= 0.6 is 16.0 Å². The summed E-state index contributed by atoms with van der Waals surface area (Å²) in [6.07, 6.45) is 0. The highest BCUT2D eigenvalue weighted by Gasteiger charge is 2.24. The van der Waals surface area contributed by atoms with Crippen LogP contribution in [0.15, 0.2) is 203 Å². The Morgan fingerprint density at radius 1 is 0.310 bits per heavy atom. The summed E-state index contributed by atoms with van der Waals surface area (Å²) in [5.74, 6) is 1.44. The monoisotopic (exact) mass is 782 g/mol.